The summed E-state index contributed by atoms with van der Waals surface area (Å²) in [4.78, 5) is 11.9. The summed E-state index contributed by atoms with van der Waals surface area (Å²) in [7, 11) is -3.00. The number of carbonyl (C=O) groups excluding carboxylic acids is 1. The summed E-state index contributed by atoms with van der Waals surface area (Å²) in [5, 5.41) is 7.58. The van der Waals surface area contributed by atoms with Gasteiger partial charge in [-0.3, -0.25) is 9.48 Å². The summed E-state index contributed by atoms with van der Waals surface area (Å²) in [6.45, 7) is 6.70. The molecular formula is C15H22ClN3O3S. The van der Waals surface area contributed by atoms with Crippen LogP contribution in [0.4, 0.5) is 0 Å². The van der Waals surface area contributed by atoms with Gasteiger partial charge in [0.05, 0.1) is 17.2 Å². The molecule has 2 heterocycles. The minimum absolute atomic E-state index is 0.0126. The molecule has 1 aromatic rings. The molecule has 8 heteroatoms. The number of amides is 1. The average molecular weight is 360 g/mol. The van der Waals surface area contributed by atoms with E-state index >= 15 is 0 Å². The number of hydrogen-bond donors (Lipinski definition) is 1. The van der Waals surface area contributed by atoms with E-state index in [0.717, 1.165) is 5.69 Å². The van der Waals surface area contributed by atoms with Crippen LogP contribution < -0.4 is 5.32 Å². The molecule has 23 heavy (non-hydrogen) atoms. The summed E-state index contributed by atoms with van der Waals surface area (Å²) in [5.41, 5.74) is 1.46. The largest absolute Gasteiger partial charge is 0.349 e. The van der Waals surface area contributed by atoms with Crippen molar-refractivity contribution in [1.29, 1.82) is 0 Å². The fourth-order valence-corrected chi connectivity index (χ4v) is 4.52. The van der Waals surface area contributed by atoms with Gasteiger partial charge in [-0.1, -0.05) is 25.4 Å². The number of nitrogens with zero attached hydrogens (tertiary/aromatic N) is 2. The van der Waals surface area contributed by atoms with Crippen molar-refractivity contribution in [2.75, 3.05) is 11.5 Å². The number of aryl methyl sites for hydroxylation is 1. The van der Waals surface area contributed by atoms with E-state index in [0.29, 0.717) is 29.6 Å². The third-order valence-corrected chi connectivity index (χ3v) is 5.79. The Morgan fingerprint density at radius 2 is 2.22 bits per heavy atom. The fraction of sp³-hybridized carbons (Fsp3) is 0.600. The highest BCUT2D eigenvalue weighted by molar-refractivity contribution is 7.91. The predicted octanol–water partition coefficient (Wildman–Crippen LogP) is 1.82. The maximum atomic E-state index is 11.9. The molecule has 0 saturated carbocycles. The minimum Gasteiger partial charge on any atom is -0.349 e. The maximum Gasteiger partial charge on any atom is 0.244 e. The number of sulfone groups is 1. The topological polar surface area (TPSA) is 81.1 Å². The highest BCUT2D eigenvalue weighted by Crippen LogP contribution is 2.22. The first-order valence-electron chi connectivity index (χ1n) is 7.60. The lowest BCUT2D eigenvalue weighted by Crippen LogP contribution is -2.34. The first kappa shape index (κ1) is 18.0. The summed E-state index contributed by atoms with van der Waals surface area (Å²) < 4.78 is 24.5. The van der Waals surface area contributed by atoms with Gasteiger partial charge in [-0.2, -0.15) is 5.10 Å². The molecule has 1 saturated heterocycles. The Hall–Kier alpha value is -1.34. The number of aromatic nitrogens is 2. The van der Waals surface area contributed by atoms with Crippen LogP contribution in [-0.2, 0) is 21.2 Å². The van der Waals surface area contributed by atoms with Crippen LogP contribution in [0.25, 0.3) is 6.08 Å². The van der Waals surface area contributed by atoms with Crippen LogP contribution in [0.2, 0.25) is 5.15 Å². The van der Waals surface area contributed by atoms with Gasteiger partial charge in [-0.05, 0) is 25.3 Å². The molecule has 0 bridgehead atoms. The van der Waals surface area contributed by atoms with Crippen LogP contribution in [0.15, 0.2) is 6.08 Å². The molecule has 0 aliphatic carbocycles. The van der Waals surface area contributed by atoms with Gasteiger partial charge < -0.3 is 5.32 Å². The zero-order chi connectivity index (χ0) is 17.2. The molecular weight excluding hydrogens is 338 g/mol. The number of nitrogens with one attached hydrogen (secondary N) is 1. The van der Waals surface area contributed by atoms with Crippen molar-refractivity contribution in [3.8, 4) is 0 Å². The Bertz CT molecular complexity index is 723. The van der Waals surface area contributed by atoms with Gasteiger partial charge in [0.25, 0.3) is 0 Å². The standard InChI is InChI=1S/C15H22ClN3O3S/c1-10(2)8-19-15(16)13(11(3)18-19)4-5-14(20)17-12-6-7-23(21,22)9-12/h4-5,10,12H,6-9H2,1-3H3,(H,17,20)/b5-4+. The van der Waals surface area contributed by atoms with E-state index in [4.69, 9.17) is 11.6 Å². The van der Waals surface area contributed by atoms with Crippen molar-refractivity contribution in [1.82, 2.24) is 15.1 Å². The molecule has 0 aromatic carbocycles. The zero-order valence-corrected chi connectivity index (χ0v) is 15.1. The summed E-state index contributed by atoms with van der Waals surface area (Å²) >= 11 is 6.30. The Balaban J connectivity index is 2.02. The molecule has 0 spiro atoms. The number of halogens is 1. The Kier molecular flexibility index (Phi) is 5.52. The van der Waals surface area contributed by atoms with E-state index < -0.39 is 9.84 Å². The Morgan fingerprint density at radius 1 is 1.52 bits per heavy atom. The molecule has 1 amide bonds. The fourth-order valence-electron chi connectivity index (χ4n) is 2.54. The second-order valence-corrected chi connectivity index (χ2v) is 8.89. The lowest BCUT2D eigenvalue weighted by atomic mass is 10.2. The number of hydrogen-bond acceptors (Lipinski definition) is 4. The van der Waals surface area contributed by atoms with Gasteiger partial charge in [0.15, 0.2) is 9.84 Å². The van der Waals surface area contributed by atoms with E-state index in [2.05, 4.69) is 24.3 Å². The predicted molar refractivity (Wildman–Crippen MR) is 91.0 cm³/mol. The summed E-state index contributed by atoms with van der Waals surface area (Å²) in [6.07, 6.45) is 3.47. The number of rotatable bonds is 5. The average Bonchev–Trinajstić information content (AvgIpc) is 2.88. The minimum atomic E-state index is -3.00. The molecule has 1 fully saturated rings. The lowest BCUT2D eigenvalue weighted by molar-refractivity contribution is -0.116. The molecule has 1 aliphatic rings. The second-order valence-electron chi connectivity index (χ2n) is 6.31. The first-order chi connectivity index (χ1) is 10.7. The number of carbonyl (C=O) groups is 1. The smallest absolute Gasteiger partial charge is 0.244 e. The third kappa shape index (κ3) is 4.81. The van der Waals surface area contributed by atoms with Crippen molar-refractivity contribution in [3.63, 3.8) is 0 Å². The molecule has 1 N–H and O–H groups in total. The van der Waals surface area contributed by atoms with Gasteiger partial charge in [0.2, 0.25) is 5.91 Å². The molecule has 1 unspecified atom stereocenters. The Labute approximate surface area is 141 Å². The second kappa shape index (κ2) is 7.05. The van der Waals surface area contributed by atoms with Crippen molar-refractivity contribution < 1.29 is 13.2 Å². The maximum absolute atomic E-state index is 11.9. The molecule has 1 aromatic heterocycles. The zero-order valence-electron chi connectivity index (χ0n) is 13.5. The van der Waals surface area contributed by atoms with Crippen LogP contribution in [0.5, 0.6) is 0 Å². The van der Waals surface area contributed by atoms with Crippen LogP contribution in [0.1, 0.15) is 31.5 Å². The quantitative estimate of drug-likeness (QED) is 0.813. The van der Waals surface area contributed by atoms with Crippen LogP contribution in [0, 0.1) is 12.8 Å². The molecule has 1 aliphatic heterocycles. The molecule has 0 radical (unpaired) electrons. The van der Waals surface area contributed by atoms with E-state index in [1.54, 1.807) is 10.8 Å². The third-order valence-electron chi connectivity index (χ3n) is 3.63. The van der Waals surface area contributed by atoms with Crippen molar-refractivity contribution in [2.24, 2.45) is 5.92 Å². The van der Waals surface area contributed by atoms with E-state index in [1.807, 2.05) is 6.92 Å². The SMILES string of the molecule is Cc1nn(CC(C)C)c(Cl)c1/C=C/C(=O)NC1CCS(=O)(=O)C1. The van der Waals surface area contributed by atoms with E-state index in [-0.39, 0.29) is 23.5 Å². The van der Waals surface area contributed by atoms with Crippen LogP contribution >= 0.6 is 11.6 Å². The first-order valence-corrected chi connectivity index (χ1v) is 9.80. The lowest BCUT2D eigenvalue weighted by Gasteiger charge is -2.08. The van der Waals surface area contributed by atoms with Crippen molar-refractivity contribution >= 4 is 33.4 Å². The summed E-state index contributed by atoms with van der Waals surface area (Å²) in [5.74, 6) is 0.239. The van der Waals surface area contributed by atoms with Gasteiger partial charge in [0.1, 0.15) is 5.15 Å². The highest BCUT2D eigenvalue weighted by Gasteiger charge is 2.28. The van der Waals surface area contributed by atoms with Crippen LogP contribution in [-0.4, -0.2) is 41.7 Å². The van der Waals surface area contributed by atoms with Crippen molar-refractivity contribution in [3.05, 3.63) is 22.5 Å². The van der Waals surface area contributed by atoms with Gasteiger partial charge >= 0.3 is 0 Å². The Morgan fingerprint density at radius 3 is 2.78 bits per heavy atom. The normalized spacial score (nSPS) is 20.5. The van der Waals surface area contributed by atoms with Gasteiger partial charge in [-0.25, -0.2) is 8.42 Å². The molecule has 128 valence electrons. The summed E-state index contributed by atoms with van der Waals surface area (Å²) in [6, 6.07) is -0.308. The molecule has 1 atom stereocenters. The van der Waals surface area contributed by atoms with Crippen molar-refractivity contribution in [2.45, 2.75) is 39.8 Å². The van der Waals surface area contributed by atoms with Gasteiger partial charge in [0, 0.05) is 24.2 Å². The monoisotopic (exact) mass is 359 g/mol. The van der Waals surface area contributed by atoms with E-state index in [9.17, 15) is 13.2 Å². The van der Waals surface area contributed by atoms with Crippen LogP contribution in [0.3, 0.4) is 0 Å². The molecule has 6 nitrogen and oxygen atoms in total. The highest BCUT2D eigenvalue weighted by atomic mass is 35.5. The van der Waals surface area contributed by atoms with E-state index in [1.165, 1.54) is 6.08 Å². The van der Waals surface area contributed by atoms with Gasteiger partial charge in [-0.15, -0.1) is 0 Å². The molecule has 2 rings (SSSR count).